The predicted molar refractivity (Wildman–Crippen MR) is 85.1 cm³/mol. The van der Waals surface area contributed by atoms with Gasteiger partial charge in [-0.25, -0.2) is 0 Å². The van der Waals surface area contributed by atoms with Gasteiger partial charge in [0.1, 0.15) is 5.76 Å². The number of hydrogen-bond acceptors (Lipinski definition) is 4. The molecule has 0 radical (unpaired) electrons. The summed E-state index contributed by atoms with van der Waals surface area (Å²) in [5.74, 6) is 0.808. The lowest BCUT2D eigenvalue weighted by Gasteiger charge is -2.23. The standard InChI is InChI=1S/C18H19N3O2/c19-11-14-5-7-15(8-6-14)13-21-9-1-4-17(21)18(22)20-12-16-3-2-10-23-16/h2-3,5-8,10,17H,1,4,9,12-13H2,(H,20,22). The minimum absolute atomic E-state index is 0.0487. The zero-order chi connectivity index (χ0) is 16.1. The van der Waals surface area contributed by atoms with E-state index in [1.807, 2.05) is 36.4 Å². The van der Waals surface area contributed by atoms with Crippen LogP contribution in [0.4, 0.5) is 0 Å². The molecule has 0 aliphatic carbocycles. The van der Waals surface area contributed by atoms with E-state index < -0.39 is 0 Å². The first-order valence-electron chi connectivity index (χ1n) is 7.79. The van der Waals surface area contributed by atoms with Gasteiger partial charge in [0.2, 0.25) is 5.91 Å². The van der Waals surface area contributed by atoms with Crippen molar-refractivity contribution in [2.75, 3.05) is 6.54 Å². The van der Waals surface area contributed by atoms with Gasteiger partial charge in [0.15, 0.2) is 0 Å². The number of hydrogen-bond donors (Lipinski definition) is 1. The fraction of sp³-hybridized carbons (Fsp3) is 0.333. The molecule has 1 atom stereocenters. The van der Waals surface area contributed by atoms with Crippen molar-refractivity contribution in [2.45, 2.75) is 32.0 Å². The van der Waals surface area contributed by atoms with Crippen molar-refractivity contribution in [3.05, 3.63) is 59.5 Å². The molecule has 1 amide bonds. The average molecular weight is 309 g/mol. The molecule has 3 rings (SSSR count). The Morgan fingerprint density at radius 1 is 1.35 bits per heavy atom. The highest BCUT2D eigenvalue weighted by Gasteiger charge is 2.30. The molecule has 1 aliphatic heterocycles. The van der Waals surface area contributed by atoms with Gasteiger partial charge in [-0.15, -0.1) is 0 Å². The Kier molecular flexibility index (Phi) is 4.74. The van der Waals surface area contributed by atoms with Gasteiger partial charge in [-0.1, -0.05) is 12.1 Å². The molecule has 118 valence electrons. The van der Waals surface area contributed by atoms with E-state index in [-0.39, 0.29) is 11.9 Å². The molecule has 1 fully saturated rings. The Balaban J connectivity index is 1.58. The molecule has 0 spiro atoms. The van der Waals surface area contributed by atoms with Crippen LogP contribution in [0.25, 0.3) is 0 Å². The minimum Gasteiger partial charge on any atom is -0.467 e. The topological polar surface area (TPSA) is 69.3 Å². The van der Waals surface area contributed by atoms with Crippen molar-refractivity contribution in [1.82, 2.24) is 10.2 Å². The molecule has 1 unspecified atom stereocenters. The smallest absolute Gasteiger partial charge is 0.237 e. The average Bonchev–Trinajstić information content (AvgIpc) is 3.25. The fourth-order valence-electron chi connectivity index (χ4n) is 2.94. The third-order valence-corrected chi connectivity index (χ3v) is 4.15. The fourth-order valence-corrected chi connectivity index (χ4v) is 2.94. The van der Waals surface area contributed by atoms with Crippen molar-refractivity contribution in [1.29, 1.82) is 5.26 Å². The minimum atomic E-state index is -0.0967. The maximum atomic E-state index is 12.4. The summed E-state index contributed by atoms with van der Waals surface area (Å²) in [6, 6.07) is 13.2. The highest BCUT2D eigenvalue weighted by molar-refractivity contribution is 5.81. The van der Waals surface area contributed by atoms with Crippen molar-refractivity contribution >= 4 is 5.91 Å². The summed E-state index contributed by atoms with van der Waals surface area (Å²) in [5.41, 5.74) is 1.78. The van der Waals surface area contributed by atoms with Crippen LogP contribution in [-0.4, -0.2) is 23.4 Å². The maximum Gasteiger partial charge on any atom is 0.237 e. The van der Waals surface area contributed by atoms with Crippen LogP contribution in [-0.2, 0) is 17.9 Å². The molecule has 5 nitrogen and oxygen atoms in total. The molecule has 1 aromatic heterocycles. The van der Waals surface area contributed by atoms with E-state index in [2.05, 4.69) is 16.3 Å². The third kappa shape index (κ3) is 3.79. The summed E-state index contributed by atoms with van der Waals surface area (Å²) in [6.07, 6.45) is 3.50. The van der Waals surface area contributed by atoms with Gasteiger partial charge in [0.05, 0.1) is 30.5 Å². The summed E-state index contributed by atoms with van der Waals surface area (Å²) in [5, 5.41) is 11.8. The van der Waals surface area contributed by atoms with Crippen LogP contribution in [0.3, 0.4) is 0 Å². The number of nitrogens with zero attached hydrogens (tertiary/aromatic N) is 2. The molecule has 0 saturated carbocycles. The Labute approximate surface area is 135 Å². The van der Waals surface area contributed by atoms with Gasteiger partial charge in [0.25, 0.3) is 0 Å². The van der Waals surface area contributed by atoms with Crippen molar-refractivity contribution in [3.63, 3.8) is 0 Å². The van der Waals surface area contributed by atoms with Gasteiger partial charge in [-0.05, 0) is 49.2 Å². The van der Waals surface area contributed by atoms with Gasteiger partial charge < -0.3 is 9.73 Å². The van der Waals surface area contributed by atoms with E-state index in [0.29, 0.717) is 12.1 Å². The lowest BCUT2D eigenvalue weighted by Crippen LogP contribution is -2.42. The molecule has 1 N–H and O–H groups in total. The van der Waals surface area contributed by atoms with Crippen LogP contribution in [0.2, 0.25) is 0 Å². The quantitative estimate of drug-likeness (QED) is 0.921. The van der Waals surface area contributed by atoms with Crippen molar-refractivity contribution in [3.8, 4) is 6.07 Å². The molecule has 5 heteroatoms. The number of furan rings is 1. The van der Waals surface area contributed by atoms with Crippen LogP contribution in [0.1, 0.15) is 29.7 Å². The van der Waals surface area contributed by atoms with Crippen LogP contribution in [0.15, 0.2) is 47.1 Å². The molecule has 1 aliphatic rings. The van der Waals surface area contributed by atoms with E-state index in [1.165, 1.54) is 0 Å². The second kappa shape index (κ2) is 7.12. The number of amides is 1. The normalized spacial score (nSPS) is 17.8. The van der Waals surface area contributed by atoms with Crippen LogP contribution < -0.4 is 5.32 Å². The first kappa shape index (κ1) is 15.3. The van der Waals surface area contributed by atoms with E-state index >= 15 is 0 Å². The molecule has 1 aromatic carbocycles. The predicted octanol–water partition coefficient (Wildman–Crippen LogP) is 2.43. The van der Waals surface area contributed by atoms with E-state index in [0.717, 1.165) is 37.3 Å². The van der Waals surface area contributed by atoms with Gasteiger partial charge in [-0.3, -0.25) is 9.69 Å². The molecule has 23 heavy (non-hydrogen) atoms. The number of benzene rings is 1. The molecular formula is C18H19N3O2. The lowest BCUT2D eigenvalue weighted by atomic mass is 10.1. The Morgan fingerprint density at radius 3 is 2.87 bits per heavy atom. The second-order valence-corrected chi connectivity index (χ2v) is 5.73. The summed E-state index contributed by atoms with van der Waals surface area (Å²) in [4.78, 5) is 14.6. The van der Waals surface area contributed by atoms with Crippen molar-refractivity contribution < 1.29 is 9.21 Å². The number of rotatable bonds is 5. The number of nitrogens with one attached hydrogen (secondary N) is 1. The number of carbonyl (C=O) groups excluding carboxylic acids is 1. The molecule has 1 saturated heterocycles. The first-order chi connectivity index (χ1) is 11.3. The zero-order valence-corrected chi connectivity index (χ0v) is 12.9. The van der Waals surface area contributed by atoms with Crippen LogP contribution in [0, 0.1) is 11.3 Å². The maximum absolute atomic E-state index is 12.4. The first-order valence-corrected chi connectivity index (χ1v) is 7.79. The molecule has 2 heterocycles. The van der Waals surface area contributed by atoms with Crippen LogP contribution in [0.5, 0.6) is 0 Å². The van der Waals surface area contributed by atoms with Gasteiger partial charge in [0, 0.05) is 6.54 Å². The molecule has 2 aromatic rings. The third-order valence-electron chi connectivity index (χ3n) is 4.15. The van der Waals surface area contributed by atoms with E-state index in [9.17, 15) is 4.79 Å². The summed E-state index contributed by atoms with van der Waals surface area (Å²) < 4.78 is 5.24. The van der Waals surface area contributed by atoms with Gasteiger partial charge in [-0.2, -0.15) is 5.26 Å². The van der Waals surface area contributed by atoms with Crippen molar-refractivity contribution in [2.24, 2.45) is 0 Å². The number of carbonyl (C=O) groups is 1. The summed E-state index contributed by atoms with van der Waals surface area (Å²) >= 11 is 0. The molecular weight excluding hydrogens is 290 g/mol. The molecule has 0 bridgehead atoms. The summed E-state index contributed by atoms with van der Waals surface area (Å²) in [7, 11) is 0. The Hall–Kier alpha value is -2.58. The van der Waals surface area contributed by atoms with Crippen LogP contribution >= 0.6 is 0 Å². The van der Waals surface area contributed by atoms with E-state index in [4.69, 9.17) is 9.68 Å². The zero-order valence-electron chi connectivity index (χ0n) is 12.9. The lowest BCUT2D eigenvalue weighted by molar-refractivity contribution is -0.125. The number of nitriles is 1. The second-order valence-electron chi connectivity index (χ2n) is 5.73. The number of likely N-dealkylation sites (tertiary alicyclic amines) is 1. The summed E-state index contributed by atoms with van der Waals surface area (Å²) in [6.45, 7) is 2.07. The SMILES string of the molecule is N#Cc1ccc(CN2CCCC2C(=O)NCc2ccco2)cc1. The van der Waals surface area contributed by atoms with Gasteiger partial charge >= 0.3 is 0 Å². The Bertz CT molecular complexity index is 686. The monoisotopic (exact) mass is 309 g/mol. The Morgan fingerprint density at radius 2 is 2.17 bits per heavy atom. The largest absolute Gasteiger partial charge is 0.467 e. The van der Waals surface area contributed by atoms with E-state index in [1.54, 1.807) is 6.26 Å². The highest BCUT2D eigenvalue weighted by atomic mass is 16.3. The highest BCUT2D eigenvalue weighted by Crippen LogP contribution is 2.20.